The second-order valence-electron chi connectivity index (χ2n) is 4.36. The zero-order valence-electron chi connectivity index (χ0n) is 10.8. The molecule has 1 amide bonds. The van der Waals surface area contributed by atoms with Gasteiger partial charge < -0.3 is 5.32 Å². The molecule has 0 spiro atoms. The van der Waals surface area contributed by atoms with Crippen LogP contribution in [0.25, 0.3) is 0 Å². The van der Waals surface area contributed by atoms with Crippen LogP contribution in [0.2, 0.25) is 0 Å². The van der Waals surface area contributed by atoms with Crippen LogP contribution in [-0.2, 0) is 10.5 Å². The Kier molecular flexibility index (Phi) is 4.67. The Morgan fingerprint density at radius 1 is 1.14 bits per heavy atom. The molecule has 1 unspecified atom stereocenters. The fraction of sp³-hybridized carbons (Fsp3) is 0.417. The molecule has 21 heavy (non-hydrogen) atoms. The number of nitrogens with one attached hydrogen (secondary N) is 1. The summed E-state index contributed by atoms with van der Waals surface area (Å²) in [5, 5.41) is 2.29. The van der Waals surface area contributed by atoms with Crippen molar-refractivity contribution in [3.8, 4) is 0 Å². The van der Waals surface area contributed by atoms with Gasteiger partial charge in [-0.15, -0.1) is 0 Å². The number of carbonyl (C=O) groups is 1. The van der Waals surface area contributed by atoms with E-state index in [1.807, 2.05) is 0 Å². The fourth-order valence-electron chi connectivity index (χ4n) is 1.70. The first kappa shape index (κ1) is 17.8. The van der Waals surface area contributed by atoms with Crippen molar-refractivity contribution < 1.29 is 31.1 Å². The first-order chi connectivity index (χ1) is 9.30. The number of hydrogen-bond donors (Lipinski definition) is 1. The quantitative estimate of drug-likeness (QED) is 0.601. The van der Waals surface area contributed by atoms with Gasteiger partial charge in [0.25, 0.3) is 0 Å². The van der Waals surface area contributed by atoms with Gasteiger partial charge in [0.05, 0.1) is 0 Å². The third-order valence-corrected chi connectivity index (χ3v) is 3.26. The highest BCUT2D eigenvalue weighted by molar-refractivity contribution is 9.10. The normalized spacial score (nSPS) is 15.5. The van der Waals surface area contributed by atoms with Gasteiger partial charge >= 0.3 is 16.7 Å². The minimum absolute atomic E-state index is 0.0192. The van der Waals surface area contributed by atoms with E-state index in [4.69, 9.17) is 0 Å². The molecule has 1 aromatic carbocycles. The standard InChI is InChI=1S/C12H10BrF6NO/c1-6-5-8(3-4-9(6)20-7(2)21)10(14,11(13,15)16)12(17,18)19/h3-5H,1-2H3,(H,20,21). The van der Waals surface area contributed by atoms with Gasteiger partial charge in [-0.3, -0.25) is 4.79 Å². The van der Waals surface area contributed by atoms with Crippen LogP contribution >= 0.6 is 15.9 Å². The number of rotatable bonds is 3. The van der Waals surface area contributed by atoms with Gasteiger partial charge in [-0.2, -0.15) is 22.0 Å². The lowest BCUT2D eigenvalue weighted by molar-refractivity contribution is -0.282. The number of anilines is 1. The molecule has 2 nitrogen and oxygen atoms in total. The van der Waals surface area contributed by atoms with E-state index in [0.29, 0.717) is 12.1 Å². The highest BCUT2D eigenvalue weighted by Gasteiger charge is 2.71. The van der Waals surface area contributed by atoms with E-state index in [1.54, 1.807) is 0 Å². The molecular formula is C12H10BrF6NO. The van der Waals surface area contributed by atoms with Gasteiger partial charge in [0.2, 0.25) is 5.91 Å². The van der Waals surface area contributed by atoms with E-state index in [0.717, 1.165) is 13.0 Å². The second kappa shape index (κ2) is 5.51. The molecule has 0 bridgehead atoms. The Bertz CT molecular complexity index is 538. The first-order valence-corrected chi connectivity index (χ1v) is 6.31. The molecule has 1 rings (SSSR count). The summed E-state index contributed by atoms with van der Waals surface area (Å²) in [6.07, 6.45) is -5.83. The highest BCUT2D eigenvalue weighted by Crippen LogP contribution is 2.55. The second-order valence-corrected chi connectivity index (χ2v) is 5.36. The topological polar surface area (TPSA) is 29.1 Å². The monoisotopic (exact) mass is 377 g/mol. The maximum Gasteiger partial charge on any atom is 0.433 e. The average molecular weight is 378 g/mol. The van der Waals surface area contributed by atoms with Gasteiger partial charge in [0.15, 0.2) is 0 Å². The summed E-state index contributed by atoms with van der Waals surface area (Å²) >= 11 is 1.46. The molecule has 9 heteroatoms. The third-order valence-electron chi connectivity index (χ3n) is 2.72. The number of hydrogen-bond acceptors (Lipinski definition) is 1. The molecule has 0 heterocycles. The van der Waals surface area contributed by atoms with Crippen molar-refractivity contribution in [2.24, 2.45) is 0 Å². The van der Waals surface area contributed by atoms with E-state index in [2.05, 4.69) is 5.32 Å². The smallest absolute Gasteiger partial charge is 0.326 e. The van der Waals surface area contributed by atoms with Gasteiger partial charge in [-0.05, 0) is 34.5 Å². The van der Waals surface area contributed by atoms with E-state index >= 15 is 0 Å². The van der Waals surface area contributed by atoms with Crippen LogP contribution in [0, 0.1) is 6.92 Å². The van der Waals surface area contributed by atoms with Crippen LogP contribution < -0.4 is 5.32 Å². The molecule has 118 valence electrons. The maximum absolute atomic E-state index is 14.1. The number of amides is 1. The Morgan fingerprint density at radius 2 is 1.67 bits per heavy atom. The van der Waals surface area contributed by atoms with Gasteiger partial charge in [0, 0.05) is 18.2 Å². The summed E-state index contributed by atoms with van der Waals surface area (Å²) in [5.74, 6) is -0.501. The molecule has 0 saturated heterocycles. The van der Waals surface area contributed by atoms with Crippen molar-refractivity contribution in [3.63, 3.8) is 0 Å². The average Bonchev–Trinajstić information content (AvgIpc) is 2.27. The number of alkyl halides is 7. The maximum atomic E-state index is 14.1. The zero-order valence-corrected chi connectivity index (χ0v) is 12.4. The lowest BCUT2D eigenvalue weighted by Crippen LogP contribution is -2.49. The number of carbonyl (C=O) groups excluding carboxylic acids is 1. The summed E-state index contributed by atoms with van der Waals surface area (Å²) in [6, 6.07) is 2.11. The summed E-state index contributed by atoms with van der Waals surface area (Å²) in [6.45, 7) is 2.42. The Hall–Kier alpha value is -1.25. The zero-order chi connectivity index (χ0) is 16.6. The first-order valence-electron chi connectivity index (χ1n) is 5.52. The molecule has 0 saturated carbocycles. The van der Waals surface area contributed by atoms with Crippen molar-refractivity contribution in [2.75, 3.05) is 5.32 Å². The predicted octanol–water partition coefficient (Wildman–Crippen LogP) is 4.67. The molecule has 0 fully saturated rings. The molecule has 1 aromatic rings. The van der Waals surface area contributed by atoms with E-state index in [1.165, 1.54) is 22.9 Å². The Morgan fingerprint density at radius 3 is 2.00 bits per heavy atom. The van der Waals surface area contributed by atoms with Crippen LogP contribution in [0.15, 0.2) is 18.2 Å². The predicted molar refractivity (Wildman–Crippen MR) is 68.2 cm³/mol. The Labute approximate surface area is 124 Å². The molecule has 1 atom stereocenters. The summed E-state index contributed by atoms with van der Waals surface area (Å²) < 4.78 is 78.7. The van der Waals surface area contributed by atoms with E-state index in [-0.39, 0.29) is 11.3 Å². The summed E-state index contributed by atoms with van der Waals surface area (Å²) in [7, 11) is 0. The van der Waals surface area contributed by atoms with Crippen molar-refractivity contribution >= 4 is 27.5 Å². The molecular weight excluding hydrogens is 368 g/mol. The van der Waals surface area contributed by atoms with Gasteiger partial charge in [0.1, 0.15) is 0 Å². The molecule has 0 radical (unpaired) electrons. The molecule has 1 N–H and O–H groups in total. The molecule has 0 aliphatic rings. The van der Waals surface area contributed by atoms with E-state index in [9.17, 15) is 31.1 Å². The van der Waals surface area contributed by atoms with Crippen molar-refractivity contribution in [3.05, 3.63) is 29.3 Å². The molecule has 0 aliphatic heterocycles. The summed E-state index contributed by atoms with van der Waals surface area (Å²) in [4.78, 5) is 6.03. The van der Waals surface area contributed by atoms with Gasteiger partial charge in [-0.25, -0.2) is 4.39 Å². The summed E-state index contributed by atoms with van der Waals surface area (Å²) in [5.41, 5.74) is -6.03. The Balaban J connectivity index is 3.42. The largest absolute Gasteiger partial charge is 0.433 e. The van der Waals surface area contributed by atoms with Crippen LogP contribution in [0.3, 0.4) is 0 Å². The van der Waals surface area contributed by atoms with Gasteiger partial charge in [-0.1, -0.05) is 12.1 Å². The SMILES string of the molecule is CC(=O)Nc1ccc(C(F)(C(F)(F)F)C(F)(F)Br)cc1C. The minimum atomic E-state index is -5.83. The third kappa shape index (κ3) is 3.33. The van der Waals surface area contributed by atoms with Crippen molar-refractivity contribution in [1.82, 2.24) is 0 Å². The lowest BCUT2D eigenvalue weighted by Gasteiger charge is -2.32. The van der Waals surface area contributed by atoms with Crippen LogP contribution in [0.5, 0.6) is 0 Å². The molecule has 0 aliphatic carbocycles. The highest BCUT2D eigenvalue weighted by atomic mass is 79.9. The van der Waals surface area contributed by atoms with Crippen molar-refractivity contribution in [2.45, 2.75) is 30.5 Å². The van der Waals surface area contributed by atoms with Crippen LogP contribution in [0.1, 0.15) is 18.1 Å². The van der Waals surface area contributed by atoms with Crippen LogP contribution in [0.4, 0.5) is 32.0 Å². The minimum Gasteiger partial charge on any atom is -0.326 e. The van der Waals surface area contributed by atoms with Crippen LogP contribution in [-0.4, -0.2) is 16.9 Å². The lowest BCUT2D eigenvalue weighted by atomic mass is 9.93. The van der Waals surface area contributed by atoms with Crippen molar-refractivity contribution in [1.29, 1.82) is 0 Å². The number of halogens is 7. The van der Waals surface area contributed by atoms with E-state index < -0.39 is 28.1 Å². The number of benzene rings is 1. The molecule has 0 aromatic heterocycles. The number of aryl methyl sites for hydroxylation is 1. The fourth-order valence-corrected chi connectivity index (χ4v) is 2.15.